The molecule has 0 spiro atoms. The smallest absolute Gasteiger partial charge is 0.333 e. The lowest BCUT2D eigenvalue weighted by Gasteiger charge is -2.11. The molecule has 7 nitrogen and oxygen atoms in total. The maximum atomic E-state index is 11.9. The number of hydrogen-bond acceptors (Lipinski definition) is 5. The van der Waals surface area contributed by atoms with Crippen LogP contribution in [0.5, 0.6) is 5.75 Å². The molecule has 1 aromatic carbocycles. The number of hydrogen-bond donors (Lipinski definition) is 3. The Balaban J connectivity index is 2.97. The highest BCUT2D eigenvalue weighted by molar-refractivity contribution is 7.89. The van der Waals surface area contributed by atoms with Gasteiger partial charge in [0.25, 0.3) is 0 Å². The van der Waals surface area contributed by atoms with Crippen LogP contribution in [0, 0.1) is 0 Å². The predicted molar refractivity (Wildman–Crippen MR) is 66.8 cm³/mol. The Morgan fingerprint density at radius 2 is 2.16 bits per heavy atom. The van der Waals surface area contributed by atoms with Crippen LogP contribution in [0.1, 0.15) is 0 Å². The standard InChI is InChI=1S/C10H12ClNO6S/c1-18-6-2-3-7(11)9(4-6)19(16,17)12-5-8(13)10(14)15/h2-4,8,12-13H,5H2,1H3,(H,14,15). The van der Waals surface area contributed by atoms with Crippen LogP contribution in [0.2, 0.25) is 5.02 Å². The lowest BCUT2D eigenvalue weighted by atomic mass is 10.3. The first kappa shape index (κ1) is 15.7. The summed E-state index contributed by atoms with van der Waals surface area (Å²) >= 11 is 5.76. The number of aliphatic carboxylic acids is 1. The van der Waals surface area contributed by atoms with Crippen LogP contribution in [-0.2, 0) is 14.8 Å². The van der Waals surface area contributed by atoms with Crippen LogP contribution in [0.25, 0.3) is 0 Å². The molecule has 0 heterocycles. The lowest BCUT2D eigenvalue weighted by molar-refractivity contribution is -0.146. The highest BCUT2D eigenvalue weighted by Gasteiger charge is 2.22. The van der Waals surface area contributed by atoms with E-state index in [0.29, 0.717) is 0 Å². The van der Waals surface area contributed by atoms with Gasteiger partial charge in [-0.15, -0.1) is 0 Å². The minimum absolute atomic E-state index is 0.0434. The van der Waals surface area contributed by atoms with Gasteiger partial charge in [-0.05, 0) is 12.1 Å². The number of halogens is 1. The van der Waals surface area contributed by atoms with Crippen LogP contribution < -0.4 is 9.46 Å². The van der Waals surface area contributed by atoms with Crippen molar-refractivity contribution in [2.24, 2.45) is 0 Å². The molecule has 3 N–H and O–H groups in total. The quantitative estimate of drug-likeness (QED) is 0.685. The average Bonchev–Trinajstić information content (AvgIpc) is 2.36. The zero-order valence-electron chi connectivity index (χ0n) is 9.83. The van der Waals surface area contributed by atoms with E-state index in [-0.39, 0.29) is 15.7 Å². The molecule has 1 atom stereocenters. The van der Waals surface area contributed by atoms with E-state index in [2.05, 4.69) is 0 Å². The van der Waals surface area contributed by atoms with E-state index >= 15 is 0 Å². The summed E-state index contributed by atoms with van der Waals surface area (Å²) in [6.07, 6.45) is -1.83. The summed E-state index contributed by atoms with van der Waals surface area (Å²) in [4.78, 5) is 10.1. The van der Waals surface area contributed by atoms with E-state index in [0.717, 1.165) is 0 Å². The molecular formula is C10H12ClNO6S. The molecule has 0 saturated carbocycles. The van der Waals surface area contributed by atoms with E-state index in [4.69, 9.17) is 26.6 Å². The maximum absolute atomic E-state index is 11.9. The summed E-state index contributed by atoms with van der Waals surface area (Å²) < 4.78 is 30.6. The van der Waals surface area contributed by atoms with Crippen molar-refractivity contribution >= 4 is 27.6 Å². The van der Waals surface area contributed by atoms with Crippen molar-refractivity contribution in [1.29, 1.82) is 0 Å². The molecule has 0 radical (unpaired) electrons. The molecule has 1 rings (SSSR count). The molecule has 1 unspecified atom stereocenters. The van der Waals surface area contributed by atoms with Crippen molar-refractivity contribution in [3.05, 3.63) is 23.2 Å². The van der Waals surface area contributed by atoms with Gasteiger partial charge in [-0.1, -0.05) is 11.6 Å². The fourth-order valence-electron chi connectivity index (χ4n) is 1.17. The number of benzene rings is 1. The summed E-state index contributed by atoms with van der Waals surface area (Å²) in [5.74, 6) is -1.25. The molecule has 0 saturated heterocycles. The van der Waals surface area contributed by atoms with E-state index in [9.17, 15) is 13.2 Å². The highest BCUT2D eigenvalue weighted by atomic mass is 35.5. The Morgan fingerprint density at radius 1 is 1.53 bits per heavy atom. The van der Waals surface area contributed by atoms with E-state index in [1.165, 1.54) is 25.3 Å². The van der Waals surface area contributed by atoms with Gasteiger partial charge in [0.2, 0.25) is 10.0 Å². The van der Waals surface area contributed by atoms with Crippen molar-refractivity contribution in [3.63, 3.8) is 0 Å². The monoisotopic (exact) mass is 309 g/mol. The van der Waals surface area contributed by atoms with Gasteiger partial charge in [0, 0.05) is 12.6 Å². The van der Waals surface area contributed by atoms with E-state index < -0.39 is 28.6 Å². The number of aliphatic hydroxyl groups excluding tert-OH is 1. The van der Waals surface area contributed by atoms with Gasteiger partial charge < -0.3 is 14.9 Å². The summed E-state index contributed by atoms with van der Waals surface area (Å²) in [6.45, 7) is -0.662. The third kappa shape index (κ3) is 4.06. The molecule has 1 aromatic rings. The largest absolute Gasteiger partial charge is 0.497 e. The Bertz CT molecular complexity index is 573. The highest BCUT2D eigenvalue weighted by Crippen LogP contribution is 2.25. The molecule has 0 fully saturated rings. The van der Waals surface area contributed by atoms with Crippen LogP contribution in [0.15, 0.2) is 23.1 Å². The Labute approximate surface area is 114 Å². The topological polar surface area (TPSA) is 113 Å². The van der Waals surface area contributed by atoms with Crippen LogP contribution in [-0.4, -0.2) is 44.4 Å². The molecule has 0 aliphatic carbocycles. The van der Waals surface area contributed by atoms with Gasteiger partial charge in [-0.3, -0.25) is 0 Å². The second-order valence-electron chi connectivity index (χ2n) is 3.50. The number of carbonyl (C=O) groups is 1. The molecule has 0 amide bonds. The zero-order valence-corrected chi connectivity index (χ0v) is 11.4. The van der Waals surface area contributed by atoms with E-state index in [1.54, 1.807) is 0 Å². The van der Waals surface area contributed by atoms with Crippen LogP contribution in [0.3, 0.4) is 0 Å². The molecule has 0 aliphatic heterocycles. The third-order valence-corrected chi connectivity index (χ3v) is 4.08. The maximum Gasteiger partial charge on any atom is 0.333 e. The van der Waals surface area contributed by atoms with Crippen molar-refractivity contribution in [3.8, 4) is 5.75 Å². The molecule has 0 aromatic heterocycles. The van der Waals surface area contributed by atoms with Gasteiger partial charge in [-0.25, -0.2) is 17.9 Å². The first-order chi connectivity index (χ1) is 8.77. The average molecular weight is 310 g/mol. The number of methoxy groups -OCH3 is 1. The number of carboxylic acid groups (broad SMARTS) is 1. The molecule has 19 heavy (non-hydrogen) atoms. The van der Waals surface area contributed by atoms with E-state index in [1.807, 2.05) is 4.72 Å². The van der Waals surface area contributed by atoms with Gasteiger partial charge in [0.15, 0.2) is 6.10 Å². The van der Waals surface area contributed by atoms with Crippen molar-refractivity contribution in [2.75, 3.05) is 13.7 Å². The first-order valence-corrected chi connectivity index (χ1v) is 6.88. The number of aliphatic hydroxyl groups is 1. The SMILES string of the molecule is COc1ccc(Cl)c(S(=O)(=O)NCC(O)C(=O)O)c1. The van der Waals surface area contributed by atoms with Gasteiger partial charge >= 0.3 is 5.97 Å². The molecule has 9 heteroatoms. The van der Waals surface area contributed by atoms with Crippen molar-refractivity contribution < 1.29 is 28.2 Å². The minimum atomic E-state index is -4.04. The fourth-order valence-corrected chi connectivity index (χ4v) is 2.72. The second kappa shape index (κ2) is 6.20. The van der Waals surface area contributed by atoms with Gasteiger partial charge in [-0.2, -0.15) is 0 Å². The molecule has 0 aliphatic rings. The summed E-state index contributed by atoms with van der Waals surface area (Å²) in [7, 11) is -2.68. The normalized spacial score (nSPS) is 13.0. The summed E-state index contributed by atoms with van der Waals surface area (Å²) in [5, 5.41) is 17.4. The number of carboxylic acids is 1. The van der Waals surface area contributed by atoms with Crippen LogP contribution in [0.4, 0.5) is 0 Å². The summed E-state index contributed by atoms with van der Waals surface area (Å²) in [6, 6.07) is 4.01. The van der Waals surface area contributed by atoms with Crippen LogP contribution >= 0.6 is 11.6 Å². The van der Waals surface area contributed by atoms with Crippen molar-refractivity contribution in [2.45, 2.75) is 11.0 Å². The number of nitrogens with one attached hydrogen (secondary N) is 1. The third-order valence-electron chi connectivity index (χ3n) is 2.18. The molecular weight excluding hydrogens is 298 g/mol. The number of rotatable bonds is 6. The predicted octanol–water partition coefficient (Wildman–Crippen LogP) is 0.0724. The van der Waals surface area contributed by atoms with Crippen molar-refractivity contribution in [1.82, 2.24) is 4.72 Å². The fraction of sp³-hybridized carbons (Fsp3) is 0.300. The Morgan fingerprint density at radius 3 is 2.68 bits per heavy atom. The second-order valence-corrected chi connectivity index (χ2v) is 5.64. The first-order valence-electron chi connectivity index (χ1n) is 5.02. The molecule has 0 bridgehead atoms. The summed E-state index contributed by atoms with van der Waals surface area (Å²) in [5.41, 5.74) is 0. The lowest BCUT2D eigenvalue weighted by Crippen LogP contribution is -2.36. The van der Waals surface area contributed by atoms with Gasteiger partial charge in [0.05, 0.1) is 12.1 Å². The minimum Gasteiger partial charge on any atom is -0.497 e. The zero-order chi connectivity index (χ0) is 14.6. The van der Waals surface area contributed by atoms with Gasteiger partial charge in [0.1, 0.15) is 10.6 Å². The Kier molecular flexibility index (Phi) is 5.12. The molecule has 106 valence electrons. The number of sulfonamides is 1. The number of ether oxygens (including phenoxy) is 1. The Hall–Kier alpha value is -1.35.